The van der Waals surface area contributed by atoms with E-state index in [2.05, 4.69) is 44.6 Å². The van der Waals surface area contributed by atoms with E-state index in [0.29, 0.717) is 0 Å². The van der Waals surface area contributed by atoms with Gasteiger partial charge in [-0.25, -0.2) is 4.68 Å². The molecule has 0 saturated carbocycles. The van der Waals surface area contributed by atoms with Crippen LogP contribution in [-0.4, -0.2) is 34.1 Å². The molecule has 0 unspecified atom stereocenters. The van der Waals surface area contributed by atoms with Crippen LogP contribution in [0.25, 0.3) is 0 Å². The Morgan fingerprint density at radius 3 is 2.25 bits per heavy atom. The third-order valence-electron chi connectivity index (χ3n) is 3.58. The topological polar surface area (TPSA) is 56.3 Å². The van der Waals surface area contributed by atoms with Crippen LogP contribution in [0.5, 0.6) is 0 Å². The number of hydrogen-bond donors (Lipinski definition) is 1. The summed E-state index contributed by atoms with van der Waals surface area (Å²) in [6, 6.07) is 0. The summed E-state index contributed by atoms with van der Waals surface area (Å²) in [5.74, 6) is 1.05. The molecule has 0 spiro atoms. The molecule has 1 aliphatic rings. The van der Waals surface area contributed by atoms with Gasteiger partial charge in [-0.3, -0.25) is 0 Å². The van der Waals surface area contributed by atoms with Gasteiger partial charge in [-0.05, 0) is 41.0 Å². The van der Waals surface area contributed by atoms with Gasteiger partial charge >= 0.3 is 0 Å². The number of morpholine rings is 1. The molecule has 1 saturated heterocycles. The molecule has 114 valence electrons. The lowest BCUT2D eigenvalue weighted by Crippen LogP contribution is -2.57. The number of aromatic nitrogens is 2. The van der Waals surface area contributed by atoms with E-state index in [1.54, 1.807) is 0 Å². The molecule has 0 bridgehead atoms. The predicted molar refractivity (Wildman–Crippen MR) is 83.1 cm³/mol. The molecule has 2 N–H and O–H groups in total. The summed E-state index contributed by atoms with van der Waals surface area (Å²) in [6.45, 7) is 15.2. The fraction of sp³-hybridized carbons (Fsp3) is 0.800. The van der Waals surface area contributed by atoms with Crippen molar-refractivity contribution in [2.75, 3.05) is 23.7 Å². The van der Waals surface area contributed by atoms with E-state index in [1.807, 2.05) is 11.6 Å². The molecule has 1 aromatic heterocycles. The Morgan fingerprint density at radius 2 is 1.75 bits per heavy atom. The Labute approximate surface area is 122 Å². The number of anilines is 2. The second kappa shape index (κ2) is 4.95. The van der Waals surface area contributed by atoms with E-state index in [1.165, 1.54) is 0 Å². The number of ether oxygens (including phenoxy) is 1. The van der Waals surface area contributed by atoms with Crippen molar-refractivity contribution in [3.63, 3.8) is 0 Å². The highest BCUT2D eigenvalue weighted by Crippen LogP contribution is 2.35. The summed E-state index contributed by atoms with van der Waals surface area (Å²) in [6.07, 6.45) is 1.05. The zero-order valence-electron chi connectivity index (χ0n) is 13.7. The first-order valence-electron chi connectivity index (χ1n) is 7.43. The van der Waals surface area contributed by atoms with E-state index in [4.69, 9.17) is 10.5 Å². The van der Waals surface area contributed by atoms with Crippen molar-refractivity contribution in [3.8, 4) is 0 Å². The second-order valence-electron chi connectivity index (χ2n) is 7.02. The smallest absolute Gasteiger partial charge is 0.150 e. The van der Waals surface area contributed by atoms with Gasteiger partial charge < -0.3 is 15.4 Å². The number of nitrogens with two attached hydrogens (primary N) is 1. The number of hydrogen-bond acceptors (Lipinski definition) is 4. The zero-order valence-corrected chi connectivity index (χ0v) is 13.7. The molecule has 0 atom stereocenters. The lowest BCUT2D eigenvalue weighted by atomic mass is 9.99. The van der Waals surface area contributed by atoms with Crippen LogP contribution in [-0.2, 0) is 11.3 Å². The minimum Gasteiger partial charge on any atom is -0.394 e. The molecule has 20 heavy (non-hydrogen) atoms. The normalized spacial score (nSPS) is 21.2. The van der Waals surface area contributed by atoms with Crippen LogP contribution in [0.15, 0.2) is 0 Å². The van der Waals surface area contributed by atoms with Crippen molar-refractivity contribution in [3.05, 3.63) is 5.69 Å². The average Bonchev–Trinajstić information content (AvgIpc) is 2.50. The molecule has 5 nitrogen and oxygen atoms in total. The average molecular weight is 280 g/mol. The monoisotopic (exact) mass is 280 g/mol. The second-order valence-corrected chi connectivity index (χ2v) is 7.02. The Bertz CT molecular complexity index is 474. The van der Waals surface area contributed by atoms with E-state index in [0.717, 1.165) is 43.3 Å². The third-order valence-corrected chi connectivity index (χ3v) is 3.58. The molecule has 0 radical (unpaired) electrons. The summed E-state index contributed by atoms with van der Waals surface area (Å²) in [7, 11) is 0. The minimum atomic E-state index is -0.191. The number of nitrogen functional groups attached to an aromatic ring is 1. The molecular weight excluding hydrogens is 252 g/mol. The molecule has 5 heteroatoms. The molecular formula is C15H28N4O. The van der Waals surface area contributed by atoms with Crippen LogP contribution in [0.3, 0.4) is 0 Å². The zero-order chi connectivity index (χ0) is 15.1. The largest absolute Gasteiger partial charge is 0.394 e. The molecule has 0 aliphatic carbocycles. The SMILES string of the molecule is CCCn1nc(C)c(N)c1N1CC(C)(C)OC(C)(C)C1. The van der Waals surface area contributed by atoms with Gasteiger partial charge in [0, 0.05) is 19.6 Å². The lowest BCUT2D eigenvalue weighted by Gasteiger charge is -2.48. The van der Waals surface area contributed by atoms with Crippen LogP contribution < -0.4 is 10.6 Å². The van der Waals surface area contributed by atoms with Gasteiger partial charge in [-0.15, -0.1) is 0 Å². The summed E-state index contributed by atoms with van der Waals surface area (Å²) in [4.78, 5) is 2.33. The van der Waals surface area contributed by atoms with Crippen molar-refractivity contribution >= 4 is 11.5 Å². The molecule has 2 rings (SSSR count). The first-order chi connectivity index (χ1) is 9.15. The Balaban J connectivity index is 2.40. The van der Waals surface area contributed by atoms with Gasteiger partial charge in [-0.2, -0.15) is 5.10 Å². The van der Waals surface area contributed by atoms with Gasteiger partial charge in [0.25, 0.3) is 0 Å². The standard InChI is InChI=1S/C15H28N4O/c1-7-8-19-13(12(16)11(2)17-19)18-9-14(3,4)20-15(5,6)10-18/h7-10,16H2,1-6H3. The molecule has 0 aromatic carbocycles. The van der Waals surface area contributed by atoms with E-state index >= 15 is 0 Å². The van der Waals surface area contributed by atoms with Crippen LogP contribution in [0, 0.1) is 6.92 Å². The van der Waals surface area contributed by atoms with Crippen LogP contribution >= 0.6 is 0 Å². The molecule has 0 amide bonds. The Morgan fingerprint density at radius 1 is 1.20 bits per heavy atom. The van der Waals surface area contributed by atoms with E-state index in [9.17, 15) is 0 Å². The third kappa shape index (κ3) is 2.92. The summed E-state index contributed by atoms with van der Waals surface area (Å²) < 4.78 is 8.19. The lowest BCUT2D eigenvalue weighted by molar-refractivity contribution is -0.133. The highest BCUT2D eigenvalue weighted by molar-refractivity contribution is 5.66. The number of aryl methyl sites for hydroxylation is 2. The van der Waals surface area contributed by atoms with Gasteiger partial charge in [0.15, 0.2) is 5.82 Å². The van der Waals surface area contributed by atoms with Crippen molar-refractivity contribution in [2.45, 2.75) is 65.7 Å². The molecule has 2 heterocycles. The predicted octanol–water partition coefficient (Wildman–Crippen LogP) is 2.58. The summed E-state index contributed by atoms with van der Waals surface area (Å²) in [5, 5.41) is 4.58. The molecule has 1 aromatic rings. The van der Waals surface area contributed by atoms with E-state index < -0.39 is 0 Å². The Kier molecular flexibility index (Phi) is 3.75. The van der Waals surface area contributed by atoms with Gasteiger partial charge in [0.2, 0.25) is 0 Å². The van der Waals surface area contributed by atoms with Crippen LogP contribution in [0.1, 0.15) is 46.7 Å². The fourth-order valence-electron chi connectivity index (χ4n) is 3.22. The first kappa shape index (κ1) is 15.2. The fourth-order valence-corrected chi connectivity index (χ4v) is 3.22. The highest BCUT2D eigenvalue weighted by atomic mass is 16.5. The van der Waals surface area contributed by atoms with Crippen LogP contribution in [0.2, 0.25) is 0 Å². The maximum atomic E-state index is 6.28. The maximum absolute atomic E-state index is 6.28. The first-order valence-corrected chi connectivity index (χ1v) is 7.43. The highest BCUT2D eigenvalue weighted by Gasteiger charge is 2.39. The van der Waals surface area contributed by atoms with Crippen LogP contribution in [0.4, 0.5) is 11.5 Å². The van der Waals surface area contributed by atoms with Crippen molar-refractivity contribution < 1.29 is 4.74 Å². The maximum Gasteiger partial charge on any atom is 0.150 e. The van der Waals surface area contributed by atoms with E-state index in [-0.39, 0.29) is 11.2 Å². The minimum absolute atomic E-state index is 0.191. The quantitative estimate of drug-likeness (QED) is 0.924. The van der Waals surface area contributed by atoms with Gasteiger partial charge in [0.1, 0.15) is 0 Å². The van der Waals surface area contributed by atoms with Crippen molar-refractivity contribution in [1.82, 2.24) is 9.78 Å². The molecule has 1 aliphatic heterocycles. The Hall–Kier alpha value is -1.23. The van der Waals surface area contributed by atoms with Crippen molar-refractivity contribution in [2.24, 2.45) is 0 Å². The summed E-state index contributed by atoms with van der Waals surface area (Å²) >= 11 is 0. The number of nitrogens with zero attached hydrogens (tertiary/aromatic N) is 3. The number of rotatable bonds is 3. The van der Waals surface area contributed by atoms with Gasteiger partial charge in [-0.1, -0.05) is 6.92 Å². The molecule has 1 fully saturated rings. The van der Waals surface area contributed by atoms with Crippen molar-refractivity contribution in [1.29, 1.82) is 0 Å². The summed E-state index contributed by atoms with van der Waals surface area (Å²) in [5.41, 5.74) is 7.60. The van der Waals surface area contributed by atoms with Gasteiger partial charge in [0.05, 0.1) is 22.6 Å².